The van der Waals surface area contributed by atoms with Crippen molar-refractivity contribution >= 4 is 33.4 Å². The molecule has 1 spiro atoms. The van der Waals surface area contributed by atoms with Gasteiger partial charge in [0.2, 0.25) is 5.91 Å². The van der Waals surface area contributed by atoms with E-state index in [4.69, 9.17) is 0 Å². The summed E-state index contributed by atoms with van der Waals surface area (Å²) in [4.78, 5) is 27.1. The quantitative estimate of drug-likeness (QED) is 0.801. The van der Waals surface area contributed by atoms with Crippen LogP contribution in [-0.4, -0.2) is 16.7 Å². The molecule has 0 atom stereocenters. The number of fused-ring (bicyclic) bond motifs is 1. The second kappa shape index (κ2) is 4.80. The Kier molecular flexibility index (Phi) is 3.52. The average Bonchev–Trinajstić information content (AvgIpc) is 2.32. The number of aromatic nitrogens is 1. The predicted octanol–water partition coefficient (Wildman–Crippen LogP) is 2.71. The molecule has 0 aromatic carbocycles. The lowest BCUT2D eigenvalue weighted by Crippen LogP contribution is -2.51. The largest absolute Gasteiger partial charge is 0.310 e. The van der Waals surface area contributed by atoms with E-state index in [2.05, 4.69) is 26.2 Å². The Labute approximate surface area is 114 Å². The maximum atomic E-state index is 11.9. The van der Waals surface area contributed by atoms with Gasteiger partial charge in [-0.25, -0.2) is 4.98 Å². The van der Waals surface area contributed by atoms with Gasteiger partial charge in [0.15, 0.2) is 0 Å². The van der Waals surface area contributed by atoms with Crippen LogP contribution >= 0.6 is 15.9 Å². The number of nitrogens with zero attached hydrogens (tertiary/aromatic N) is 1. The van der Waals surface area contributed by atoms with Gasteiger partial charge in [-0.05, 0) is 34.0 Å². The molecule has 0 unspecified atom stereocenters. The number of pyridine rings is 1. The molecule has 2 heterocycles. The van der Waals surface area contributed by atoms with E-state index in [0.717, 1.165) is 10.0 Å². The fraction of sp³-hybridized carbons (Fsp3) is 0.462. The maximum Gasteiger partial charge on any atom is 0.232 e. The SMILES string of the molecule is CC.O=C1CC2(C1)Cc1cc(Br)cnc1NC2=O. The minimum Gasteiger partial charge on any atom is -0.310 e. The Bertz CT molecular complexity index is 506. The van der Waals surface area contributed by atoms with Crippen molar-refractivity contribution in [2.45, 2.75) is 33.1 Å². The molecule has 18 heavy (non-hydrogen) atoms. The van der Waals surface area contributed by atoms with Crippen LogP contribution in [0.1, 0.15) is 32.3 Å². The molecule has 1 aliphatic heterocycles. The molecule has 1 fully saturated rings. The van der Waals surface area contributed by atoms with Crippen molar-refractivity contribution in [2.24, 2.45) is 5.41 Å². The van der Waals surface area contributed by atoms with E-state index in [0.29, 0.717) is 25.1 Å². The van der Waals surface area contributed by atoms with E-state index >= 15 is 0 Å². The highest BCUT2D eigenvalue weighted by molar-refractivity contribution is 9.10. The average molecular weight is 311 g/mol. The molecule has 1 saturated carbocycles. The Morgan fingerprint density at radius 1 is 1.28 bits per heavy atom. The third-order valence-corrected chi connectivity index (χ3v) is 3.68. The number of carbonyl (C=O) groups is 2. The first-order valence-electron chi connectivity index (χ1n) is 6.07. The van der Waals surface area contributed by atoms with E-state index in [1.165, 1.54) is 0 Å². The van der Waals surface area contributed by atoms with Crippen molar-refractivity contribution in [3.63, 3.8) is 0 Å². The molecule has 0 saturated heterocycles. The lowest BCUT2D eigenvalue weighted by molar-refractivity contribution is -0.144. The molecule has 1 aromatic heterocycles. The van der Waals surface area contributed by atoms with Gasteiger partial charge < -0.3 is 5.32 Å². The minimum absolute atomic E-state index is 0.0607. The second-order valence-corrected chi connectivity index (χ2v) is 5.38. The summed E-state index contributed by atoms with van der Waals surface area (Å²) in [5, 5.41) is 2.78. The number of carbonyl (C=O) groups excluding carboxylic acids is 2. The van der Waals surface area contributed by atoms with Gasteiger partial charge >= 0.3 is 0 Å². The van der Waals surface area contributed by atoms with Gasteiger partial charge in [0.25, 0.3) is 0 Å². The molecule has 4 nitrogen and oxygen atoms in total. The Morgan fingerprint density at radius 2 is 1.94 bits per heavy atom. The molecule has 2 aliphatic rings. The minimum atomic E-state index is -0.493. The van der Waals surface area contributed by atoms with Gasteiger partial charge in [-0.15, -0.1) is 0 Å². The maximum absolute atomic E-state index is 11.9. The number of Topliss-reactive ketones (excluding diaryl/α,β-unsaturated/α-hetero) is 1. The van der Waals surface area contributed by atoms with Gasteiger partial charge in [0, 0.05) is 23.5 Å². The first-order valence-corrected chi connectivity index (χ1v) is 6.86. The highest BCUT2D eigenvalue weighted by atomic mass is 79.9. The van der Waals surface area contributed by atoms with Crippen LogP contribution in [0.15, 0.2) is 16.7 Å². The summed E-state index contributed by atoms with van der Waals surface area (Å²) in [6, 6.07) is 1.95. The molecular formula is C13H15BrN2O2. The van der Waals surface area contributed by atoms with E-state index in [1.807, 2.05) is 19.9 Å². The molecule has 5 heteroatoms. The number of anilines is 1. The number of rotatable bonds is 0. The fourth-order valence-electron chi connectivity index (χ4n) is 2.40. The van der Waals surface area contributed by atoms with Crippen molar-refractivity contribution in [3.05, 3.63) is 22.3 Å². The standard InChI is InChI=1S/C11H9BrN2O2.C2H6/c12-7-1-6-2-11(3-8(15)4-11)10(16)14-9(6)13-5-7;1-2/h1,5H,2-4H2,(H,13,14,16);1-2H3. The van der Waals surface area contributed by atoms with Crippen LogP contribution in [0.3, 0.4) is 0 Å². The number of halogens is 1. The summed E-state index contributed by atoms with van der Waals surface area (Å²) < 4.78 is 0.892. The Morgan fingerprint density at radius 3 is 2.56 bits per heavy atom. The summed E-state index contributed by atoms with van der Waals surface area (Å²) in [7, 11) is 0. The van der Waals surface area contributed by atoms with Gasteiger partial charge in [0.1, 0.15) is 11.6 Å². The zero-order chi connectivity index (χ0) is 13.3. The Balaban J connectivity index is 0.000000574. The van der Waals surface area contributed by atoms with Crippen LogP contribution in [0.25, 0.3) is 0 Å². The van der Waals surface area contributed by atoms with Gasteiger partial charge in [0.05, 0.1) is 5.41 Å². The first kappa shape index (κ1) is 13.2. The highest BCUT2D eigenvalue weighted by Crippen LogP contribution is 2.45. The second-order valence-electron chi connectivity index (χ2n) is 4.46. The number of amides is 1. The number of ketones is 1. The summed E-state index contributed by atoms with van der Waals surface area (Å²) in [6.07, 6.45) is 3.00. The predicted molar refractivity (Wildman–Crippen MR) is 72.3 cm³/mol. The summed E-state index contributed by atoms with van der Waals surface area (Å²) in [5.41, 5.74) is 0.508. The van der Waals surface area contributed by atoms with Crippen LogP contribution in [0.2, 0.25) is 0 Å². The molecule has 0 bridgehead atoms. The third kappa shape index (κ3) is 2.07. The van der Waals surface area contributed by atoms with Crippen LogP contribution in [0.4, 0.5) is 5.82 Å². The van der Waals surface area contributed by atoms with E-state index < -0.39 is 5.41 Å². The molecule has 1 N–H and O–H groups in total. The van der Waals surface area contributed by atoms with Crippen LogP contribution in [0, 0.1) is 5.41 Å². The molecule has 1 aromatic rings. The summed E-state index contributed by atoms with van der Waals surface area (Å²) >= 11 is 3.35. The van der Waals surface area contributed by atoms with Crippen LogP contribution < -0.4 is 5.32 Å². The van der Waals surface area contributed by atoms with Crippen molar-refractivity contribution < 1.29 is 9.59 Å². The lowest BCUT2D eigenvalue weighted by atomic mass is 9.63. The van der Waals surface area contributed by atoms with Gasteiger partial charge in [-0.3, -0.25) is 9.59 Å². The summed E-state index contributed by atoms with van der Waals surface area (Å²) in [6.45, 7) is 4.00. The molecule has 0 radical (unpaired) electrons. The van der Waals surface area contributed by atoms with E-state index in [-0.39, 0.29) is 11.7 Å². The van der Waals surface area contributed by atoms with E-state index in [1.54, 1.807) is 6.20 Å². The van der Waals surface area contributed by atoms with Crippen molar-refractivity contribution in [1.29, 1.82) is 0 Å². The third-order valence-electron chi connectivity index (χ3n) is 3.25. The number of hydrogen-bond acceptors (Lipinski definition) is 3. The zero-order valence-electron chi connectivity index (χ0n) is 10.4. The van der Waals surface area contributed by atoms with Gasteiger partial charge in [-0.2, -0.15) is 0 Å². The zero-order valence-corrected chi connectivity index (χ0v) is 12.0. The van der Waals surface area contributed by atoms with E-state index in [9.17, 15) is 9.59 Å². The molecule has 3 rings (SSSR count). The molecule has 1 aliphatic carbocycles. The van der Waals surface area contributed by atoms with Crippen molar-refractivity contribution in [2.75, 3.05) is 5.32 Å². The first-order chi connectivity index (χ1) is 8.59. The van der Waals surface area contributed by atoms with Crippen molar-refractivity contribution in [3.8, 4) is 0 Å². The Hall–Kier alpha value is -1.23. The van der Waals surface area contributed by atoms with Crippen molar-refractivity contribution in [1.82, 2.24) is 4.98 Å². The topological polar surface area (TPSA) is 59.1 Å². The molecule has 96 valence electrons. The molecule has 1 amide bonds. The fourth-order valence-corrected chi connectivity index (χ4v) is 2.78. The normalized spacial score (nSPS) is 19.3. The van der Waals surface area contributed by atoms with Crippen LogP contribution in [-0.2, 0) is 16.0 Å². The molecular weight excluding hydrogens is 296 g/mol. The monoisotopic (exact) mass is 310 g/mol. The van der Waals surface area contributed by atoms with Gasteiger partial charge in [-0.1, -0.05) is 13.8 Å². The van der Waals surface area contributed by atoms with Crippen LogP contribution in [0.5, 0.6) is 0 Å². The number of nitrogens with one attached hydrogen (secondary N) is 1. The highest BCUT2D eigenvalue weighted by Gasteiger charge is 2.52. The smallest absolute Gasteiger partial charge is 0.232 e. The number of hydrogen-bond donors (Lipinski definition) is 1. The summed E-state index contributed by atoms with van der Waals surface area (Å²) in [5.74, 6) is 0.731. The lowest BCUT2D eigenvalue weighted by Gasteiger charge is -2.41.